The van der Waals surface area contributed by atoms with E-state index in [1.807, 2.05) is 18.2 Å². The van der Waals surface area contributed by atoms with Gasteiger partial charge >= 0.3 is 0 Å². The SMILES string of the molecule is NCCCCCCC(=O)Nc1ccc(Cl)c(C(=O)Nc2ccccc2)c1. The van der Waals surface area contributed by atoms with Crippen molar-refractivity contribution in [2.24, 2.45) is 5.73 Å². The molecular formula is C20H24ClN3O2. The van der Waals surface area contributed by atoms with Crippen LogP contribution in [0.4, 0.5) is 11.4 Å². The Bertz CT molecular complexity index is 735. The second-order valence-corrected chi connectivity index (χ2v) is 6.42. The second kappa shape index (κ2) is 10.6. The molecule has 0 saturated carbocycles. The number of anilines is 2. The number of amides is 2. The van der Waals surface area contributed by atoms with Crippen molar-refractivity contribution < 1.29 is 9.59 Å². The molecule has 2 rings (SSSR count). The van der Waals surface area contributed by atoms with Crippen LogP contribution < -0.4 is 16.4 Å². The smallest absolute Gasteiger partial charge is 0.257 e. The van der Waals surface area contributed by atoms with Gasteiger partial charge in [-0.1, -0.05) is 42.6 Å². The first-order chi connectivity index (χ1) is 12.6. The largest absolute Gasteiger partial charge is 0.330 e. The Hall–Kier alpha value is -2.37. The molecule has 26 heavy (non-hydrogen) atoms. The molecule has 0 aliphatic carbocycles. The van der Waals surface area contributed by atoms with Crippen LogP contribution in [0.1, 0.15) is 42.5 Å². The molecule has 0 unspecified atom stereocenters. The van der Waals surface area contributed by atoms with Gasteiger partial charge in [-0.05, 0) is 49.7 Å². The summed E-state index contributed by atoms with van der Waals surface area (Å²) < 4.78 is 0. The molecular weight excluding hydrogens is 350 g/mol. The van der Waals surface area contributed by atoms with E-state index in [9.17, 15) is 9.59 Å². The first-order valence-electron chi connectivity index (χ1n) is 8.76. The molecule has 0 heterocycles. The van der Waals surface area contributed by atoms with Crippen molar-refractivity contribution in [3.05, 3.63) is 59.1 Å². The van der Waals surface area contributed by atoms with Crippen LogP contribution in [0.25, 0.3) is 0 Å². The molecule has 0 fully saturated rings. The average molecular weight is 374 g/mol. The number of rotatable bonds is 9. The molecule has 2 amide bonds. The maximum atomic E-state index is 12.4. The lowest BCUT2D eigenvalue weighted by molar-refractivity contribution is -0.116. The minimum atomic E-state index is -0.320. The first kappa shape index (κ1) is 19.9. The third kappa shape index (κ3) is 6.50. The lowest BCUT2D eigenvalue weighted by Gasteiger charge is -2.10. The molecule has 2 aromatic rings. The van der Waals surface area contributed by atoms with Crippen molar-refractivity contribution >= 4 is 34.8 Å². The Morgan fingerprint density at radius 1 is 0.885 bits per heavy atom. The predicted molar refractivity (Wildman–Crippen MR) is 107 cm³/mol. The van der Waals surface area contributed by atoms with E-state index in [1.54, 1.807) is 30.3 Å². The minimum Gasteiger partial charge on any atom is -0.330 e. The number of para-hydroxylation sites is 1. The molecule has 6 heteroatoms. The monoisotopic (exact) mass is 373 g/mol. The zero-order chi connectivity index (χ0) is 18.8. The van der Waals surface area contributed by atoms with Gasteiger partial charge in [-0.2, -0.15) is 0 Å². The van der Waals surface area contributed by atoms with Crippen LogP contribution in [0.3, 0.4) is 0 Å². The summed E-state index contributed by atoms with van der Waals surface area (Å²) in [6, 6.07) is 14.0. The highest BCUT2D eigenvalue weighted by molar-refractivity contribution is 6.34. The molecule has 0 spiro atoms. The number of nitrogens with one attached hydrogen (secondary N) is 2. The van der Waals surface area contributed by atoms with Gasteiger partial charge in [0.05, 0.1) is 10.6 Å². The van der Waals surface area contributed by atoms with E-state index >= 15 is 0 Å². The van der Waals surface area contributed by atoms with E-state index < -0.39 is 0 Å². The maximum Gasteiger partial charge on any atom is 0.257 e. The summed E-state index contributed by atoms with van der Waals surface area (Å²) in [5.74, 6) is -0.395. The quantitative estimate of drug-likeness (QED) is 0.568. The van der Waals surface area contributed by atoms with Gasteiger partial charge in [-0.3, -0.25) is 9.59 Å². The van der Waals surface area contributed by atoms with E-state index in [-0.39, 0.29) is 11.8 Å². The summed E-state index contributed by atoms with van der Waals surface area (Å²) in [5.41, 5.74) is 7.00. The van der Waals surface area contributed by atoms with Crippen molar-refractivity contribution in [2.75, 3.05) is 17.2 Å². The number of carbonyl (C=O) groups excluding carboxylic acids is 2. The molecule has 0 aliphatic heterocycles. The summed E-state index contributed by atoms with van der Waals surface area (Å²) in [6.45, 7) is 0.685. The fourth-order valence-corrected chi connectivity index (χ4v) is 2.71. The lowest BCUT2D eigenvalue weighted by atomic mass is 10.1. The highest BCUT2D eigenvalue weighted by atomic mass is 35.5. The second-order valence-electron chi connectivity index (χ2n) is 6.02. The topological polar surface area (TPSA) is 84.2 Å². The van der Waals surface area contributed by atoms with E-state index in [1.165, 1.54) is 0 Å². The Morgan fingerprint density at radius 3 is 2.35 bits per heavy atom. The normalized spacial score (nSPS) is 10.4. The summed E-state index contributed by atoms with van der Waals surface area (Å²) >= 11 is 6.14. The number of benzene rings is 2. The fourth-order valence-electron chi connectivity index (χ4n) is 2.50. The van der Waals surface area contributed by atoms with Crippen molar-refractivity contribution in [1.82, 2.24) is 0 Å². The number of halogens is 1. The van der Waals surface area contributed by atoms with Crippen molar-refractivity contribution in [3.63, 3.8) is 0 Å². The number of carbonyl (C=O) groups is 2. The van der Waals surface area contributed by atoms with Crippen LogP contribution in [-0.2, 0) is 4.79 Å². The predicted octanol–water partition coefficient (Wildman–Crippen LogP) is 4.44. The van der Waals surface area contributed by atoms with Gasteiger partial charge in [-0.25, -0.2) is 0 Å². The van der Waals surface area contributed by atoms with Crippen LogP contribution in [0, 0.1) is 0 Å². The molecule has 2 aromatic carbocycles. The summed E-state index contributed by atoms with van der Waals surface area (Å²) in [4.78, 5) is 24.5. The van der Waals surface area contributed by atoms with Crippen molar-refractivity contribution in [1.29, 1.82) is 0 Å². The number of nitrogens with two attached hydrogens (primary N) is 1. The summed E-state index contributed by atoms with van der Waals surface area (Å²) in [7, 11) is 0. The van der Waals surface area contributed by atoms with Crippen LogP contribution in [-0.4, -0.2) is 18.4 Å². The minimum absolute atomic E-state index is 0.0745. The van der Waals surface area contributed by atoms with Gasteiger partial charge in [0.2, 0.25) is 5.91 Å². The zero-order valence-corrected chi connectivity index (χ0v) is 15.4. The van der Waals surface area contributed by atoms with Gasteiger partial charge in [0, 0.05) is 17.8 Å². The van der Waals surface area contributed by atoms with Crippen LogP contribution >= 0.6 is 11.6 Å². The fraction of sp³-hybridized carbons (Fsp3) is 0.300. The van der Waals surface area contributed by atoms with Gasteiger partial charge in [-0.15, -0.1) is 0 Å². The van der Waals surface area contributed by atoms with Crippen LogP contribution in [0.15, 0.2) is 48.5 Å². The van der Waals surface area contributed by atoms with Crippen LogP contribution in [0.5, 0.6) is 0 Å². The van der Waals surface area contributed by atoms with Gasteiger partial charge in [0.1, 0.15) is 0 Å². The third-order valence-corrected chi connectivity index (χ3v) is 4.21. The molecule has 5 nitrogen and oxygen atoms in total. The van der Waals surface area contributed by atoms with E-state index in [4.69, 9.17) is 17.3 Å². The molecule has 0 aromatic heterocycles. The highest BCUT2D eigenvalue weighted by Crippen LogP contribution is 2.22. The van der Waals surface area contributed by atoms with Gasteiger partial charge < -0.3 is 16.4 Å². The Morgan fingerprint density at radius 2 is 1.62 bits per heavy atom. The Labute approximate surface area is 158 Å². The van der Waals surface area contributed by atoms with Crippen molar-refractivity contribution in [2.45, 2.75) is 32.1 Å². The molecule has 0 saturated heterocycles. The lowest BCUT2D eigenvalue weighted by Crippen LogP contribution is -2.15. The molecule has 0 bridgehead atoms. The van der Waals surface area contributed by atoms with E-state index in [0.29, 0.717) is 34.9 Å². The zero-order valence-electron chi connectivity index (χ0n) is 14.6. The third-order valence-electron chi connectivity index (χ3n) is 3.88. The van der Waals surface area contributed by atoms with E-state index in [2.05, 4.69) is 10.6 Å². The van der Waals surface area contributed by atoms with Crippen LogP contribution in [0.2, 0.25) is 5.02 Å². The number of hydrogen-bond acceptors (Lipinski definition) is 3. The molecule has 0 atom stereocenters. The summed E-state index contributed by atoms with van der Waals surface area (Å²) in [6.07, 6.45) is 4.27. The van der Waals surface area contributed by atoms with Crippen molar-refractivity contribution in [3.8, 4) is 0 Å². The average Bonchev–Trinajstić information content (AvgIpc) is 2.64. The first-order valence-corrected chi connectivity index (χ1v) is 9.14. The van der Waals surface area contributed by atoms with E-state index in [0.717, 1.165) is 25.7 Å². The molecule has 138 valence electrons. The van der Waals surface area contributed by atoms with Gasteiger partial charge in [0.15, 0.2) is 0 Å². The Kier molecular flexibility index (Phi) is 8.12. The molecule has 4 N–H and O–H groups in total. The number of unbranched alkanes of at least 4 members (excludes halogenated alkanes) is 3. The molecule has 0 radical (unpaired) electrons. The highest BCUT2D eigenvalue weighted by Gasteiger charge is 2.12. The maximum absolute atomic E-state index is 12.4. The molecule has 0 aliphatic rings. The Balaban J connectivity index is 1.93. The van der Waals surface area contributed by atoms with Gasteiger partial charge in [0.25, 0.3) is 5.91 Å². The number of hydrogen-bond donors (Lipinski definition) is 3. The summed E-state index contributed by atoms with van der Waals surface area (Å²) in [5, 5.41) is 5.94. The standard InChI is InChI=1S/C20H24ClN3O2/c21-18-12-11-16(23-19(25)10-6-1-2-7-13-22)14-17(18)20(26)24-15-8-4-3-5-9-15/h3-5,8-9,11-12,14H,1-2,6-7,10,13,22H2,(H,23,25)(H,24,26).